The Labute approximate surface area is 232 Å². The van der Waals surface area contributed by atoms with E-state index in [0.717, 1.165) is 23.1 Å². The van der Waals surface area contributed by atoms with Gasteiger partial charge in [0.15, 0.2) is 0 Å². The summed E-state index contributed by atoms with van der Waals surface area (Å²) in [4.78, 5) is 30.8. The van der Waals surface area contributed by atoms with Crippen LogP contribution in [0.1, 0.15) is 50.3 Å². The topological polar surface area (TPSA) is 72.9 Å². The molecule has 2 N–H and O–H groups in total. The minimum atomic E-state index is -1.29. The van der Waals surface area contributed by atoms with Crippen LogP contribution >= 0.6 is 0 Å². The van der Waals surface area contributed by atoms with Gasteiger partial charge in [0.2, 0.25) is 5.91 Å². The molecular weight excluding hydrogens is 486 g/mol. The van der Waals surface area contributed by atoms with E-state index in [1.807, 2.05) is 87.5 Å². The number of carbonyl (C=O) groups is 2. The Hall–Kier alpha value is -3.48. The Morgan fingerprint density at radius 2 is 1.36 bits per heavy atom. The lowest BCUT2D eigenvalue weighted by atomic mass is 9.96. The SMILES string of the molecule is CC(C)(C)NC(=O)[C@@H]1CCCN1C(=O)C(O)C(Cc1ccccc1)N(Cc1ccccc1)Cc1ccccc1. The molecule has 0 bridgehead atoms. The zero-order chi connectivity index (χ0) is 27.8. The fourth-order valence-electron chi connectivity index (χ4n) is 5.31. The molecule has 0 spiro atoms. The third kappa shape index (κ3) is 8.01. The van der Waals surface area contributed by atoms with E-state index in [9.17, 15) is 14.7 Å². The van der Waals surface area contributed by atoms with Crippen LogP contribution in [0.2, 0.25) is 0 Å². The highest BCUT2D eigenvalue weighted by Crippen LogP contribution is 2.25. The molecule has 6 heteroatoms. The number of aliphatic hydroxyl groups is 1. The minimum absolute atomic E-state index is 0.161. The Balaban J connectivity index is 1.65. The average molecular weight is 528 g/mol. The number of aliphatic hydroxyl groups excluding tert-OH is 1. The van der Waals surface area contributed by atoms with Crippen molar-refractivity contribution < 1.29 is 14.7 Å². The molecular formula is C33H41N3O3. The summed E-state index contributed by atoms with van der Waals surface area (Å²) in [5, 5.41) is 14.8. The van der Waals surface area contributed by atoms with Crippen LogP contribution in [0.15, 0.2) is 91.0 Å². The van der Waals surface area contributed by atoms with Crippen LogP contribution < -0.4 is 5.32 Å². The Kier molecular flexibility index (Phi) is 9.54. The third-order valence-electron chi connectivity index (χ3n) is 7.17. The van der Waals surface area contributed by atoms with Gasteiger partial charge in [-0.2, -0.15) is 0 Å². The van der Waals surface area contributed by atoms with E-state index in [1.165, 1.54) is 0 Å². The normalized spacial score (nSPS) is 17.2. The highest BCUT2D eigenvalue weighted by molar-refractivity contribution is 5.90. The van der Waals surface area contributed by atoms with Crippen LogP contribution in [0.25, 0.3) is 0 Å². The summed E-state index contributed by atoms with van der Waals surface area (Å²) >= 11 is 0. The second-order valence-electron chi connectivity index (χ2n) is 11.5. The quantitative estimate of drug-likeness (QED) is 0.405. The summed E-state index contributed by atoms with van der Waals surface area (Å²) < 4.78 is 0. The molecule has 0 saturated carbocycles. The predicted molar refractivity (Wildman–Crippen MR) is 155 cm³/mol. The van der Waals surface area contributed by atoms with Crippen molar-refractivity contribution in [3.05, 3.63) is 108 Å². The fraction of sp³-hybridized carbons (Fsp3) is 0.394. The van der Waals surface area contributed by atoms with Crippen molar-refractivity contribution >= 4 is 11.8 Å². The minimum Gasteiger partial charge on any atom is -0.382 e. The van der Waals surface area contributed by atoms with Crippen LogP contribution in [-0.2, 0) is 29.1 Å². The van der Waals surface area contributed by atoms with E-state index < -0.39 is 23.7 Å². The van der Waals surface area contributed by atoms with Gasteiger partial charge in [0.1, 0.15) is 12.1 Å². The maximum absolute atomic E-state index is 13.9. The predicted octanol–water partition coefficient (Wildman–Crippen LogP) is 4.57. The van der Waals surface area contributed by atoms with Gasteiger partial charge in [-0.05, 0) is 56.7 Å². The molecule has 0 radical (unpaired) electrons. The van der Waals surface area contributed by atoms with Crippen LogP contribution in [0.3, 0.4) is 0 Å². The van der Waals surface area contributed by atoms with Gasteiger partial charge in [0.25, 0.3) is 5.91 Å². The van der Waals surface area contributed by atoms with Gasteiger partial charge in [-0.3, -0.25) is 14.5 Å². The number of hydrogen-bond donors (Lipinski definition) is 2. The monoisotopic (exact) mass is 527 g/mol. The number of rotatable bonds is 10. The van der Waals surface area contributed by atoms with Crippen LogP contribution in [0.4, 0.5) is 0 Å². The molecule has 1 fully saturated rings. The lowest BCUT2D eigenvalue weighted by molar-refractivity contribution is -0.149. The molecule has 0 aromatic heterocycles. The number of amides is 2. The summed E-state index contributed by atoms with van der Waals surface area (Å²) in [6.45, 7) is 7.41. The van der Waals surface area contributed by atoms with Gasteiger partial charge < -0.3 is 15.3 Å². The summed E-state index contributed by atoms with van der Waals surface area (Å²) in [7, 11) is 0. The van der Waals surface area contributed by atoms with Gasteiger partial charge in [0.05, 0.1) is 0 Å². The smallest absolute Gasteiger partial charge is 0.253 e. The highest BCUT2D eigenvalue weighted by atomic mass is 16.3. The van der Waals surface area contributed by atoms with Gasteiger partial charge in [-0.25, -0.2) is 0 Å². The molecule has 3 aromatic rings. The molecule has 2 unspecified atom stereocenters. The number of benzene rings is 3. The number of nitrogens with one attached hydrogen (secondary N) is 1. The summed E-state index contributed by atoms with van der Waals surface area (Å²) in [5.41, 5.74) is 2.86. The molecule has 1 aliphatic heterocycles. The Morgan fingerprint density at radius 3 is 1.85 bits per heavy atom. The number of likely N-dealkylation sites (tertiary alicyclic amines) is 1. The van der Waals surface area contributed by atoms with Crippen molar-refractivity contribution in [2.45, 2.75) is 76.8 Å². The van der Waals surface area contributed by atoms with Gasteiger partial charge >= 0.3 is 0 Å². The second-order valence-corrected chi connectivity index (χ2v) is 11.5. The summed E-state index contributed by atoms with van der Waals surface area (Å²) in [5.74, 6) is -0.542. The highest BCUT2D eigenvalue weighted by Gasteiger charge is 2.41. The zero-order valence-electron chi connectivity index (χ0n) is 23.3. The second kappa shape index (κ2) is 13.0. The van der Waals surface area contributed by atoms with Crippen molar-refractivity contribution in [3.8, 4) is 0 Å². The largest absolute Gasteiger partial charge is 0.382 e. The molecule has 3 atom stereocenters. The molecule has 206 valence electrons. The molecule has 1 aliphatic rings. The van der Waals surface area contributed by atoms with E-state index in [4.69, 9.17) is 0 Å². The molecule has 6 nitrogen and oxygen atoms in total. The fourth-order valence-corrected chi connectivity index (χ4v) is 5.31. The van der Waals surface area contributed by atoms with Gasteiger partial charge in [-0.1, -0.05) is 91.0 Å². The summed E-state index contributed by atoms with van der Waals surface area (Å²) in [6, 6.07) is 29.2. The van der Waals surface area contributed by atoms with Gasteiger partial charge in [-0.15, -0.1) is 0 Å². The van der Waals surface area contributed by atoms with Crippen LogP contribution in [-0.4, -0.2) is 57.0 Å². The first kappa shape index (κ1) is 28.5. The molecule has 1 saturated heterocycles. The van der Waals surface area contributed by atoms with Crippen molar-refractivity contribution in [1.82, 2.24) is 15.1 Å². The maximum Gasteiger partial charge on any atom is 0.253 e. The van der Waals surface area contributed by atoms with E-state index >= 15 is 0 Å². The average Bonchev–Trinajstić information content (AvgIpc) is 3.42. The standard InChI is InChI=1S/C33H41N3O3/c1-33(2,3)34-31(38)28-20-13-21-36(28)32(39)30(37)29(22-25-14-7-4-8-15-25)35(23-26-16-9-5-10-17-26)24-27-18-11-6-12-19-27/h4-12,14-19,28-30,37H,13,20-24H2,1-3H3,(H,34,38)/t28-,29?,30?/m0/s1. The Morgan fingerprint density at radius 1 is 0.872 bits per heavy atom. The van der Waals surface area contributed by atoms with Crippen molar-refractivity contribution in [2.24, 2.45) is 0 Å². The lowest BCUT2D eigenvalue weighted by Gasteiger charge is -2.37. The lowest BCUT2D eigenvalue weighted by Crippen LogP contribution is -2.57. The zero-order valence-corrected chi connectivity index (χ0v) is 23.3. The van der Waals surface area contributed by atoms with Crippen molar-refractivity contribution in [3.63, 3.8) is 0 Å². The first-order valence-corrected chi connectivity index (χ1v) is 13.9. The number of carbonyl (C=O) groups excluding carboxylic acids is 2. The van der Waals surface area contributed by atoms with Crippen LogP contribution in [0.5, 0.6) is 0 Å². The van der Waals surface area contributed by atoms with Gasteiger partial charge in [0, 0.05) is 31.2 Å². The summed E-state index contributed by atoms with van der Waals surface area (Å²) in [6.07, 6.45) is 0.546. The third-order valence-corrected chi connectivity index (χ3v) is 7.17. The van der Waals surface area contributed by atoms with Crippen LogP contribution in [0, 0.1) is 0 Å². The molecule has 0 aliphatic carbocycles. The van der Waals surface area contributed by atoms with Crippen molar-refractivity contribution in [2.75, 3.05) is 6.54 Å². The first-order chi connectivity index (χ1) is 18.7. The molecule has 3 aromatic carbocycles. The molecule has 39 heavy (non-hydrogen) atoms. The van der Waals surface area contributed by atoms with E-state index in [1.54, 1.807) is 4.90 Å². The van der Waals surface area contributed by atoms with E-state index in [-0.39, 0.29) is 11.8 Å². The number of hydrogen-bond acceptors (Lipinski definition) is 4. The maximum atomic E-state index is 13.9. The Bertz CT molecular complexity index is 1150. The van der Waals surface area contributed by atoms with Crippen molar-refractivity contribution in [1.29, 1.82) is 0 Å². The molecule has 1 heterocycles. The first-order valence-electron chi connectivity index (χ1n) is 13.9. The molecule has 4 rings (SSSR count). The number of nitrogens with zero attached hydrogens (tertiary/aromatic N) is 2. The van der Waals surface area contributed by atoms with E-state index in [2.05, 4.69) is 34.5 Å². The molecule has 2 amide bonds. The van der Waals surface area contributed by atoms with E-state index in [0.29, 0.717) is 32.5 Å².